The molecule has 1 atom stereocenters. The van der Waals surface area contributed by atoms with Crippen molar-refractivity contribution in [3.05, 3.63) is 29.8 Å². The lowest BCUT2D eigenvalue weighted by molar-refractivity contribution is 0.267. The summed E-state index contributed by atoms with van der Waals surface area (Å²) in [5.41, 5.74) is 2.61. The van der Waals surface area contributed by atoms with Crippen molar-refractivity contribution in [3.8, 4) is 0 Å². The molecule has 1 aromatic rings. The Hall–Kier alpha value is -1.06. The number of unbranched alkanes of at least 4 members (excludes halogenated alkanes) is 1. The number of hydrogen-bond acceptors (Lipinski definition) is 3. The summed E-state index contributed by atoms with van der Waals surface area (Å²) < 4.78 is 0. The van der Waals surface area contributed by atoms with Crippen LogP contribution in [0.25, 0.3) is 0 Å². The van der Waals surface area contributed by atoms with Crippen LogP contribution in [0.2, 0.25) is 0 Å². The molecule has 1 N–H and O–H groups in total. The first-order chi connectivity index (χ1) is 9.91. The smallest absolute Gasteiger partial charge is 0.0361 e. The molecule has 21 heavy (non-hydrogen) atoms. The predicted octanol–water partition coefficient (Wildman–Crippen LogP) is 3.52. The van der Waals surface area contributed by atoms with Crippen molar-refractivity contribution in [2.24, 2.45) is 0 Å². The molecule has 0 aromatic heterocycles. The molecular formula is C18H33N3. The van der Waals surface area contributed by atoms with E-state index < -0.39 is 0 Å². The highest BCUT2D eigenvalue weighted by molar-refractivity contribution is 5.46. The van der Waals surface area contributed by atoms with Crippen LogP contribution in [0.3, 0.4) is 0 Å². The highest BCUT2D eigenvalue weighted by Gasteiger charge is 2.06. The molecule has 0 aliphatic carbocycles. The van der Waals surface area contributed by atoms with Gasteiger partial charge in [0.05, 0.1) is 0 Å². The molecule has 0 aliphatic rings. The van der Waals surface area contributed by atoms with Crippen LogP contribution in [0.5, 0.6) is 0 Å². The maximum absolute atomic E-state index is 3.62. The molecule has 0 amide bonds. The average Bonchev–Trinajstić information content (AvgIpc) is 2.46. The summed E-state index contributed by atoms with van der Waals surface area (Å²) >= 11 is 0. The Morgan fingerprint density at radius 3 is 2.10 bits per heavy atom. The van der Waals surface area contributed by atoms with E-state index in [0.717, 1.165) is 6.54 Å². The van der Waals surface area contributed by atoms with E-state index in [1.165, 1.54) is 30.6 Å². The van der Waals surface area contributed by atoms with E-state index in [1.807, 2.05) is 0 Å². The summed E-state index contributed by atoms with van der Waals surface area (Å²) in [4.78, 5) is 4.54. The van der Waals surface area contributed by atoms with Gasteiger partial charge in [0.2, 0.25) is 0 Å². The van der Waals surface area contributed by atoms with Crippen molar-refractivity contribution in [1.29, 1.82) is 0 Å². The first-order valence-electron chi connectivity index (χ1n) is 8.12. The first kappa shape index (κ1) is 18.0. The lowest BCUT2D eigenvalue weighted by atomic mass is 10.1. The van der Waals surface area contributed by atoms with Gasteiger partial charge < -0.3 is 15.1 Å². The zero-order valence-corrected chi connectivity index (χ0v) is 14.7. The molecular weight excluding hydrogens is 258 g/mol. The molecule has 120 valence electrons. The molecule has 0 bridgehead atoms. The third kappa shape index (κ3) is 6.49. The minimum atomic E-state index is 0.420. The second kappa shape index (κ2) is 9.06. The van der Waals surface area contributed by atoms with Gasteiger partial charge in [-0.25, -0.2) is 0 Å². The number of benzene rings is 1. The minimum Gasteiger partial charge on any atom is -0.378 e. The maximum atomic E-state index is 3.62. The van der Waals surface area contributed by atoms with Gasteiger partial charge in [0, 0.05) is 31.9 Å². The van der Waals surface area contributed by atoms with Crippen LogP contribution in [0, 0.1) is 0 Å². The van der Waals surface area contributed by atoms with Crippen LogP contribution in [0.4, 0.5) is 5.69 Å². The number of hydrogen-bond donors (Lipinski definition) is 1. The summed E-state index contributed by atoms with van der Waals surface area (Å²) in [6.45, 7) is 9.01. The number of nitrogens with one attached hydrogen (secondary N) is 1. The van der Waals surface area contributed by atoms with Gasteiger partial charge in [0.15, 0.2) is 0 Å². The molecule has 1 unspecified atom stereocenters. The molecule has 0 radical (unpaired) electrons. The Kier molecular flexibility index (Phi) is 7.76. The van der Waals surface area contributed by atoms with Crippen molar-refractivity contribution in [2.75, 3.05) is 39.1 Å². The zero-order chi connectivity index (χ0) is 15.8. The standard InChI is InChI=1S/C18H33N3/c1-15(2)21(6)14-8-7-13-19-16(3)17-9-11-18(12-10-17)20(4)5/h9-12,15-16,19H,7-8,13-14H2,1-6H3. The zero-order valence-electron chi connectivity index (χ0n) is 14.7. The Labute approximate surface area is 131 Å². The predicted molar refractivity (Wildman–Crippen MR) is 94.2 cm³/mol. The lowest BCUT2D eigenvalue weighted by Crippen LogP contribution is -2.28. The number of anilines is 1. The molecule has 0 heterocycles. The Morgan fingerprint density at radius 1 is 0.952 bits per heavy atom. The van der Waals surface area contributed by atoms with Crippen molar-refractivity contribution < 1.29 is 0 Å². The number of nitrogens with zero attached hydrogens (tertiary/aromatic N) is 2. The van der Waals surface area contributed by atoms with Gasteiger partial charge in [-0.05, 0) is 71.4 Å². The van der Waals surface area contributed by atoms with Crippen LogP contribution in [-0.2, 0) is 0 Å². The Morgan fingerprint density at radius 2 is 1.57 bits per heavy atom. The third-order valence-corrected chi connectivity index (χ3v) is 4.18. The van der Waals surface area contributed by atoms with Gasteiger partial charge in [-0.1, -0.05) is 12.1 Å². The topological polar surface area (TPSA) is 18.5 Å². The number of rotatable bonds is 9. The summed E-state index contributed by atoms with van der Waals surface area (Å²) in [7, 11) is 6.35. The molecule has 0 saturated heterocycles. The van der Waals surface area contributed by atoms with Gasteiger partial charge in [-0.15, -0.1) is 0 Å². The lowest BCUT2D eigenvalue weighted by Gasteiger charge is -2.21. The van der Waals surface area contributed by atoms with Gasteiger partial charge in [0.1, 0.15) is 0 Å². The molecule has 1 aromatic carbocycles. The van der Waals surface area contributed by atoms with E-state index in [9.17, 15) is 0 Å². The quantitative estimate of drug-likeness (QED) is 0.702. The van der Waals surface area contributed by atoms with Gasteiger partial charge in [-0.3, -0.25) is 0 Å². The fourth-order valence-electron chi connectivity index (χ4n) is 2.24. The largest absolute Gasteiger partial charge is 0.378 e. The molecule has 3 heteroatoms. The highest BCUT2D eigenvalue weighted by atomic mass is 15.1. The summed E-state index contributed by atoms with van der Waals surface area (Å²) in [6, 6.07) is 9.88. The van der Waals surface area contributed by atoms with Gasteiger partial charge >= 0.3 is 0 Å². The monoisotopic (exact) mass is 291 g/mol. The van der Waals surface area contributed by atoms with E-state index in [2.05, 4.69) is 81.3 Å². The van der Waals surface area contributed by atoms with Gasteiger partial charge in [-0.2, -0.15) is 0 Å². The SMILES string of the molecule is CC(NCCCCN(C)C(C)C)c1ccc(N(C)C)cc1. The molecule has 0 saturated carbocycles. The van der Waals surface area contributed by atoms with E-state index >= 15 is 0 Å². The van der Waals surface area contributed by atoms with E-state index in [1.54, 1.807) is 0 Å². The van der Waals surface area contributed by atoms with Crippen molar-refractivity contribution in [3.63, 3.8) is 0 Å². The normalized spacial score (nSPS) is 13.0. The summed E-state index contributed by atoms with van der Waals surface area (Å²) in [5.74, 6) is 0. The van der Waals surface area contributed by atoms with Crippen LogP contribution in [0.1, 0.15) is 45.2 Å². The van der Waals surface area contributed by atoms with Crippen LogP contribution in [-0.4, -0.2) is 45.2 Å². The molecule has 0 aliphatic heterocycles. The highest BCUT2D eigenvalue weighted by Crippen LogP contribution is 2.17. The van der Waals surface area contributed by atoms with Crippen LogP contribution >= 0.6 is 0 Å². The second-order valence-electron chi connectivity index (χ2n) is 6.44. The van der Waals surface area contributed by atoms with Crippen molar-refractivity contribution in [2.45, 2.75) is 45.7 Å². The minimum absolute atomic E-state index is 0.420. The van der Waals surface area contributed by atoms with Crippen molar-refractivity contribution >= 4 is 5.69 Å². The second-order valence-corrected chi connectivity index (χ2v) is 6.44. The third-order valence-electron chi connectivity index (χ3n) is 4.18. The molecule has 3 nitrogen and oxygen atoms in total. The van der Waals surface area contributed by atoms with Crippen LogP contribution in [0.15, 0.2) is 24.3 Å². The molecule has 0 fully saturated rings. The molecule has 0 spiro atoms. The molecule has 1 rings (SSSR count). The maximum Gasteiger partial charge on any atom is 0.0361 e. The average molecular weight is 291 g/mol. The summed E-state index contributed by atoms with van der Waals surface area (Å²) in [5, 5.41) is 3.62. The van der Waals surface area contributed by atoms with Crippen molar-refractivity contribution in [1.82, 2.24) is 10.2 Å². The van der Waals surface area contributed by atoms with E-state index in [4.69, 9.17) is 0 Å². The van der Waals surface area contributed by atoms with E-state index in [-0.39, 0.29) is 0 Å². The fourth-order valence-corrected chi connectivity index (χ4v) is 2.24. The Balaban J connectivity index is 2.26. The van der Waals surface area contributed by atoms with Crippen LogP contribution < -0.4 is 10.2 Å². The summed E-state index contributed by atoms with van der Waals surface area (Å²) in [6.07, 6.45) is 2.49. The Bertz CT molecular complexity index is 384. The fraction of sp³-hybridized carbons (Fsp3) is 0.667. The van der Waals surface area contributed by atoms with E-state index in [0.29, 0.717) is 12.1 Å². The van der Waals surface area contributed by atoms with Gasteiger partial charge in [0.25, 0.3) is 0 Å². The first-order valence-corrected chi connectivity index (χ1v) is 8.12.